The topological polar surface area (TPSA) is 80.3 Å². The van der Waals surface area contributed by atoms with Crippen molar-refractivity contribution in [1.82, 2.24) is 0 Å². The van der Waals surface area contributed by atoms with Crippen molar-refractivity contribution >= 4 is 39.9 Å². The van der Waals surface area contributed by atoms with E-state index in [4.69, 9.17) is 19.8 Å². The number of rotatable bonds is 0. The average Bonchev–Trinajstić information content (AvgIpc) is 2.08. The summed E-state index contributed by atoms with van der Waals surface area (Å²) in [4.78, 5) is 17.8. The first-order valence-corrected chi connectivity index (χ1v) is 6.10. The quantitative estimate of drug-likeness (QED) is 0.471. The third-order valence-electron chi connectivity index (χ3n) is 1.03. The SMILES string of the molecule is CC(=O)[O-].CC(=O)[O-].Cc1cc[c]([Bi+2])cc1. The molecule has 86 valence electrons. The third kappa shape index (κ3) is 23.1. The van der Waals surface area contributed by atoms with Crippen molar-refractivity contribution in [2.24, 2.45) is 0 Å². The zero-order chi connectivity index (χ0) is 13.1. The zero-order valence-electron chi connectivity index (χ0n) is 9.39. The van der Waals surface area contributed by atoms with Gasteiger partial charge in [0, 0.05) is 11.9 Å². The molecule has 0 bridgehead atoms. The van der Waals surface area contributed by atoms with Crippen LogP contribution in [0.25, 0.3) is 0 Å². The Morgan fingerprint density at radius 1 is 1.00 bits per heavy atom. The molecule has 0 aromatic heterocycles. The molecule has 0 amide bonds. The fraction of sp³-hybridized carbons (Fsp3) is 0.273. The van der Waals surface area contributed by atoms with Crippen LogP contribution in [0.2, 0.25) is 0 Å². The van der Waals surface area contributed by atoms with Gasteiger partial charge in [0.15, 0.2) is 0 Å². The average molecular weight is 418 g/mol. The minimum absolute atomic E-state index is 0.972. The molecule has 0 unspecified atom stereocenters. The van der Waals surface area contributed by atoms with Crippen LogP contribution in [0.15, 0.2) is 24.3 Å². The van der Waals surface area contributed by atoms with E-state index in [-0.39, 0.29) is 0 Å². The van der Waals surface area contributed by atoms with Gasteiger partial charge in [-0.15, -0.1) is 0 Å². The van der Waals surface area contributed by atoms with Crippen LogP contribution in [0.4, 0.5) is 0 Å². The molecule has 16 heavy (non-hydrogen) atoms. The van der Waals surface area contributed by atoms with Crippen LogP contribution < -0.4 is 13.5 Å². The molecule has 0 saturated carbocycles. The summed E-state index contributed by atoms with van der Waals surface area (Å²) in [5, 5.41) is 17.8. The molecular weight excluding hydrogens is 405 g/mol. The predicted octanol–water partition coefficient (Wildman–Crippen LogP) is -1.70. The summed E-state index contributed by atoms with van der Waals surface area (Å²) >= 11 is 1.36. The molecule has 0 saturated heterocycles. The third-order valence-corrected chi connectivity index (χ3v) is 2.19. The Morgan fingerprint density at radius 2 is 1.25 bits per heavy atom. The van der Waals surface area contributed by atoms with Gasteiger partial charge in [0.1, 0.15) is 0 Å². The number of hydrogen-bond donors (Lipinski definition) is 0. The summed E-state index contributed by atoms with van der Waals surface area (Å²) < 4.78 is 1.44. The molecule has 0 N–H and O–H groups in total. The Labute approximate surface area is 110 Å². The van der Waals surface area contributed by atoms with E-state index in [1.807, 2.05) is 0 Å². The Morgan fingerprint density at radius 3 is 1.44 bits per heavy atom. The molecule has 5 heteroatoms. The van der Waals surface area contributed by atoms with Crippen LogP contribution in [0.5, 0.6) is 0 Å². The van der Waals surface area contributed by atoms with E-state index in [1.54, 1.807) is 0 Å². The van der Waals surface area contributed by atoms with E-state index >= 15 is 0 Å². The number of carbonyl (C=O) groups is 2. The van der Waals surface area contributed by atoms with Crippen LogP contribution in [0, 0.1) is 6.92 Å². The van der Waals surface area contributed by atoms with Crippen molar-refractivity contribution in [1.29, 1.82) is 0 Å². The fourth-order valence-electron chi connectivity index (χ4n) is 0.545. The van der Waals surface area contributed by atoms with Crippen molar-refractivity contribution in [3.05, 3.63) is 29.8 Å². The van der Waals surface area contributed by atoms with Gasteiger partial charge >= 0.3 is 64.7 Å². The molecular formula is C11H13BiO4. The molecule has 0 aliphatic rings. The number of aryl methyl sites for hydroxylation is 1. The van der Waals surface area contributed by atoms with E-state index in [9.17, 15) is 0 Å². The first kappa shape index (κ1) is 17.4. The Bertz CT molecular complexity index is 278. The van der Waals surface area contributed by atoms with E-state index in [2.05, 4.69) is 31.2 Å². The summed E-state index contributed by atoms with van der Waals surface area (Å²) in [6, 6.07) is 8.64. The van der Waals surface area contributed by atoms with Crippen LogP contribution in [-0.4, -0.2) is 36.7 Å². The van der Waals surface area contributed by atoms with Gasteiger partial charge in [-0.3, -0.25) is 0 Å². The summed E-state index contributed by atoms with van der Waals surface area (Å²) in [5.74, 6) is -2.17. The number of aliphatic carboxylic acids is 2. The second kappa shape index (κ2) is 10.6. The van der Waals surface area contributed by atoms with Crippen LogP contribution >= 0.6 is 0 Å². The standard InChI is InChI=1S/C7H7.2C2H4O2.Bi/c1-7-5-3-2-4-6-7;2*1-2(3)4;/h3-6H,1H3;2*1H3,(H,3,4);/q;;;+2/p-2. The number of benzene rings is 1. The maximum absolute atomic E-state index is 8.89. The van der Waals surface area contributed by atoms with Crippen molar-refractivity contribution in [3.63, 3.8) is 0 Å². The van der Waals surface area contributed by atoms with Gasteiger partial charge in [0.2, 0.25) is 0 Å². The fourth-order valence-corrected chi connectivity index (χ4v) is 1.12. The van der Waals surface area contributed by atoms with Crippen LogP contribution in [0.3, 0.4) is 0 Å². The van der Waals surface area contributed by atoms with Gasteiger partial charge in [-0.05, 0) is 13.8 Å². The van der Waals surface area contributed by atoms with Crippen molar-refractivity contribution in [3.8, 4) is 0 Å². The second-order valence-corrected chi connectivity index (χ2v) is 4.83. The molecule has 0 spiro atoms. The summed E-state index contributed by atoms with van der Waals surface area (Å²) in [5.41, 5.74) is 1.35. The maximum atomic E-state index is 8.89. The van der Waals surface area contributed by atoms with Crippen LogP contribution in [0.1, 0.15) is 19.4 Å². The van der Waals surface area contributed by atoms with Crippen molar-refractivity contribution < 1.29 is 19.8 Å². The van der Waals surface area contributed by atoms with Crippen LogP contribution in [-0.2, 0) is 9.59 Å². The second-order valence-electron chi connectivity index (χ2n) is 2.82. The van der Waals surface area contributed by atoms with Gasteiger partial charge in [0.05, 0.1) is 0 Å². The van der Waals surface area contributed by atoms with Gasteiger partial charge in [0.25, 0.3) is 0 Å². The Balaban J connectivity index is 0. The molecule has 0 fully saturated rings. The number of carbonyl (C=O) groups excluding carboxylic acids is 2. The number of carboxylic acids is 2. The molecule has 4 nitrogen and oxygen atoms in total. The summed E-state index contributed by atoms with van der Waals surface area (Å²) in [6.07, 6.45) is 0. The molecule has 1 rings (SSSR count). The molecule has 0 aliphatic carbocycles. The Hall–Kier alpha value is -0.957. The van der Waals surface area contributed by atoms with E-state index < -0.39 is 11.9 Å². The minimum atomic E-state index is -1.08. The zero-order valence-corrected chi connectivity index (χ0v) is 12.9. The number of carboxylic acid groups (broad SMARTS) is 2. The van der Waals surface area contributed by atoms with Gasteiger partial charge in [-0.25, -0.2) is 0 Å². The molecule has 0 atom stereocenters. The normalized spacial score (nSPS) is 7.69. The Kier molecular flexibility index (Phi) is 11.5. The molecule has 1 aromatic carbocycles. The van der Waals surface area contributed by atoms with E-state index in [0.29, 0.717) is 0 Å². The summed E-state index contributed by atoms with van der Waals surface area (Å²) in [7, 11) is 0. The van der Waals surface area contributed by atoms with Crippen molar-refractivity contribution in [2.45, 2.75) is 20.8 Å². The van der Waals surface area contributed by atoms with Crippen molar-refractivity contribution in [2.75, 3.05) is 0 Å². The van der Waals surface area contributed by atoms with E-state index in [0.717, 1.165) is 13.8 Å². The van der Waals surface area contributed by atoms with Gasteiger partial charge in [-0.1, -0.05) is 0 Å². The van der Waals surface area contributed by atoms with E-state index in [1.165, 1.54) is 33.6 Å². The molecule has 1 aromatic rings. The number of hydrogen-bond acceptors (Lipinski definition) is 4. The predicted molar refractivity (Wildman–Crippen MR) is 57.9 cm³/mol. The van der Waals surface area contributed by atoms with Gasteiger partial charge < -0.3 is 19.8 Å². The molecule has 0 heterocycles. The monoisotopic (exact) mass is 418 g/mol. The first-order valence-electron chi connectivity index (χ1n) is 4.36. The molecule has 2 radical (unpaired) electrons. The van der Waals surface area contributed by atoms with Gasteiger partial charge in [-0.2, -0.15) is 0 Å². The summed E-state index contributed by atoms with van der Waals surface area (Å²) in [6.45, 7) is 4.05. The molecule has 0 aliphatic heterocycles. The first-order chi connectivity index (χ1) is 7.25.